The number of anilines is 1. The van der Waals surface area contributed by atoms with Crippen LogP contribution in [0.15, 0.2) is 42.5 Å². The monoisotopic (exact) mass is 459 g/mol. The molecule has 0 spiro atoms. The highest BCUT2D eigenvalue weighted by Crippen LogP contribution is 2.30. The number of aryl methyl sites for hydroxylation is 2. The number of nitrogens with zero attached hydrogens (tertiary/aromatic N) is 2. The fourth-order valence-corrected chi connectivity index (χ4v) is 4.61. The number of pyridine rings is 1. The first-order chi connectivity index (χ1) is 16.3. The van der Waals surface area contributed by atoms with Crippen molar-refractivity contribution in [2.24, 2.45) is 0 Å². The van der Waals surface area contributed by atoms with Crippen molar-refractivity contribution >= 4 is 28.5 Å². The Bertz CT molecular complexity index is 1210. The SMILES string of the molecule is CCC(OC(=O)c1c2c(nc3ccccc13)CCN(C(C)C)C2)C(=O)Nc1c(C)cccc1C. The molecule has 6 nitrogen and oxygen atoms in total. The quantitative estimate of drug-likeness (QED) is 0.514. The van der Waals surface area contributed by atoms with Crippen molar-refractivity contribution in [2.45, 2.75) is 66.2 Å². The molecule has 2 heterocycles. The van der Waals surface area contributed by atoms with Crippen LogP contribution in [0.5, 0.6) is 0 Å². The third-order valence-electron chi connectivity index (χ3n) is 6.65. The molecule has 0 saturated carbocycles. The molecule has 1 atom stereocenters. The van der Waals surface area contributed by atoms with Gasteiger partial charge >= 0.3 is 5.97 Å². The Kier molecular flexibility index (Phi) is 6.98. The fourth-order valence-electron chi connectivity index (χ4n) is 4.61. The van der Waals surface area contributed by atoms with Gasteiger partial charge in [-0.25, -0.2) is 4.79 Å². The van der Waals surface area contributed by atoms with Crippen molar-refractivity contribution < 1.29 is 14.3 Å². The standard InChI is InChI=1S/C28H33N3O3/c1-6-24(27(32)30-26-18(4)10-9-11-19(26)5)34-28(33)25-20-12-7-8-13-22(20)29-23-14-15-31(17(2)3)16-21(23)25/h7-13,17,24H,6,14-16H2,1-5H3,(H,30,32). The summed E-state index contributed by atoms with van der Waals surface area (Å²) in [5.74, 6) is -0.784. The number of rotatable bonds is 6. The zero-order valence-corrected chi connectivity index (χ0v) is 20.6. The molecule has 0 fully saturated rings. The maximum Gasteiger partial charge on any atom is 0.340 e. The van der Waals surface area contributed by atoms with Gasteiger partial charge in [-0.2, -0.15) is 0 Å². The first-order valence-corrected chi connectivity index (χ1v) is 12.0. The molecule has 0 aliphatic carbocycles. The summed E-state index contributed by atoms with van der Waals surface area (Å²) in [5.41, 5.74) is 5.86. The van der Waals surface area contributed by atoms with Crippen LogP contribution in [0, 0.1) is 13.8 Å². The second-order valence-corrected chi connectivity index (χ2v) is 9.30. The van der Waals surface area contributed by atoms with Crippen LogP contribution in [0.1, 0.15) is 59.9 Å². The van der Waals surface area contributed by atoms with E-state index in [0.29, 0.717) is 24.6 Å². The fraction of sp³-hybridized carbons (Fsp3) is 0.393. The number of hydrogen-bond acceptors (Lipinski definition) is 5. The Morgan fingerprint density at radius 3 is 2.47 bits per heavy atom. The molecule has 6 heteroatoms. The smallest absolute Gasteiger partial charge is 0.340 e. The van der Waals surface area contributed by atoms with Crippen LogP contribution < -0.4 is 5.32 Å². The minimum absolute atomic E-state index is 0.315. The van der Waals surface area contributed by atoms with Crippen molar-refractivity contribution in [2.75, 3.05) is 11.9 Å². The summed E-state index contributed by atoms with van der Waals surface area (Å²) in [4.78, 5) is 33.9. The van der Waals surface area contributed by atoms with E-state index in [2.05, 4.69) is 24.1 Å². The third-order valence-corrected chi connectivity index (χ3v) is 6.65. The van der Waals surface area contributed by atoms with Crippen molar-refractivity contribution in [1.82, 2.24) is 9.88 Å². The summed E-state index contributed by atoms with van der Waals surface area (Å²) < 4.78 is 5.87. The zero-order valence-electron chi connectivity index (χ0n) is 20.6. The van der Waals surface area contributed by atoms with Gasteiger partial charge in [0.25, 0.3) is 5.91 Å². The van der Waals surface area contributed by atoms with Gasteiger partial charge in [0.15, 0.2) is 6.10 Å². The lowest BCUT2D eigenvalue weighted by atomic mass is 9.95. The molecule has 1 N–H and O–H groups in total. The molecule has 4 rings (SSSR count). The minimum Gasteiger partial charge on any atom is -0.449 e. The molecular formula is C28H33N3O3. The number of carbonyl (C=O) groups excluding carboxylic acids is 2. The number of amides is 1. The lowest BCUT2D eigenvalue weighted by Crippen LogP contribution is -2.38. The number of ether oxygens (including phenoxy) is 1. The van der Waals surface area contributed by atoms with Crippen molar-refractivity contribution in [1.29, 1.82) is 0 Å². The van der Waals surface area contributed by atoms with Gasteiger partial charge in [0.2, 0.25) is 0 Å². The van der Waals surface area contributed by atoms with Gasteiger partial charge in [-0.15, -0.1) is 0 Å². The Labute approximate surface area is 201 Å². The van der Waals surface area contributed by atoms with E-state index in [1.807, 2.05) is 63.2 Å². The second kappa shape index (κ2) is 9.94. The van der Waals surface area contributed by atoms with Gasteiger partial charge in [-0.1, -0.05) is 43.3 Å². The Balaban J connectivity index is 1.66. The number of nitrogens with one attached hydrogen (secondary N) is 1. The highest BCUT2D eigenvalue weighted by molar-refractivity contribution is 6.06. The average molecular weight is 460 g/mol. The highest BCUT2D eigenvalue weighted by Gasteiger charge is 2.30. The number of para-hydroxylation sites is 2. The van der Waals surface area contributed by atoms with Crippen molar-refractivity contribution in [3.8, 4) is 0 Å². The van der Waals surface area contributed by atoms with Crippen LogP contribution in [-0.4, -0.2) is 40.5 Å². The summed E-state index contributed by atoms with van der Waals surface area (Å²) >= 11 is 0. The van der Waals surface area contributed by atoms with E-state index in [1.165, 1.54) is 0 Å². The van der Waals surface area contributed by atoms with Gasteiger partial charge in [-0.05, 0) is 51.3 Å². The zero-order chi connectivity index (χ0) is 24.4. The molecular weight excluding hydrogens is 426 g/mol. The third kappa shape index (κ3) is 4.68. The van der Waals surface area contributed by atoms with Crippen molar-refractivity contribution in [3.63, 3.8) is 0 Å². The molecule has 1 amide bonds. The summed E-state index contributed by atoms with van der Waals surface area (Å²) in [6, 6.07) is 13.9. The van der Waals surface area contributed by atoms with E-state index < -0.39 is 12.1 Å². The lowest BCUT2D eigenvalue weighted by Gasteiger charge is -2.32. The molecule has 1 aromatic heterocycles. The van der Waals surface area contributed by atoms with E-state index in [4.69, 9.17) is 9.72 Å². The summed E-state index contributed by atoms with van der Waals surface area (Å²) in [6.07, 6.45) is 0.271. The van der Waals surface area contributed by atoms with Crippen molar-refractivity contribution in [3.05, 3.63) is 70.4 Å². The molecule has 1 unspecified atom stereocenters. The predicted molar refractivity (Wildman–Crippen MR) is 135 cm³/mol. The summed E-state index contributed by atoms with van der Waals surface area (Å²) in [7, 11) is 0. The summed E-state index contributed by atoms with van der Waals surface area (Å²) in [6.45, 7) is 11.6. The van der Waals surface area contributed by atoms with Gasteiger partial charge in [0.1, 0.15) is 0 Å². The summed E-state index contributed by atoms with van der Waals surface area (Å²) in [5, 5.41) is 3.74. The number of carbonyl (C=O) groups is 2. The van der Waals surface area contributed by atoms with E-state index in [0.717, 1.165) is 51.9 Å². The van der Waals surface area contributed by atoms with Crippen LogP contribution in [0.2, 0.25) is 0 Å². The van der Waals surface area contributed by atoms with Crippen LogP contribution in [0.3, 0.4) is 0 Å². The van der Waals surface area contributed by atoms with E-state index in [1.54, 1.807) is 0 Å². The second-order valence-electron chi connectivity index (χ2n) is 9.30. The molecule has 3 aromatic rings. The molecule has 0 saturated heterocycles. The number of aromatic nitrogens is 1. The first kappa shape index (κ1) is 23.9. The maximum absolute atomic E-state index is 13.6. The van der Waals surface area contributed by atoms with E-state index >= 15 is 0 Å². The predicted octanol–water partition coefficient (Wildman–Crippen LogP) is 5.19. The highest BCUT2D eigenvalue weighted by atomic mass is 16.5. The lowest BCUT2D eigenvalue weighted by molar-refractivity contribution is -0.124. The van der Waals surface area contributed by atoms with Crippen LogP contribution in [-0.2, 0) is 22.5 Å². The maximum atomic E-state index is 13.6. The number of esters is 1. The molecule has 0 bridgehead atoms. The van der Waals surface area contributed by atoms with Gasteiger partial charge in [0, 0.05) is 47.9 Å². The van der Waals surface area contributed by atoms with Gasteiger partial charge in [-0.3, -0.25) is 14.7 Å². The van der Waals surface area contributed by atoms with Gasteiger partial charge < -0.3 is 10.1 Å². The Morgan fingerprint density at radius 1 is 1.09 bits per heavy atom. The van der Waals surface area contributed by atoms with Crippen LogP contribution >= 0.6 is 0 Å². The van der Waals surface area contributed by atoms with Crippen LogP contribution in [0.4, 0.5) is 5.69 Å². The minimum atomic E-state index is -0.890. The van der Waals surface area contributed by atoms with Crippen LogP contribution in [0.25, 0.3) is 10.9 Å². The molecule has 1 aliphatic rings. The van der Waals surface area contributed by atoms with E-state index in [-0.39, 0.29) is 5.91 Å². The molecule has 34 heavy (non-hydrogen) atoms. The number of hydrogen-bond donors (Lipinski definition) is 1. The molecule has 2 aromatic carbocycles. The molecule has 1 aliphatic heterocycles. The molecule has 178 valence electrons. The average Bonchev–Trinajstić information content (AvgIpc) is 2.82. The Morgan fingerprint density at radius 2 is 1.79 bits per heavy atom. The normalized spacial score (nSPS) is 14.6. The number of fused-ring (bicyclic) bond motifs is 2. The Hall–Kier alpha value is -3.25. The number of benzene rings is 2. The van der Waals surface area contributed by atoms with E-state index in [9.17, 15) is 9.59 Å². The largest absolute Gasteiger partial charge is 0.449 e. The first-order valence-electron chi connectivity index (χ1n) is 12.0. The molecule has 0 radical (unpaired) electrons. The topological polar surface area (TPSA) is 71.5 Å². The van der Waals surface area contributed by atoms with Gasteiger partial charge in [0.05, 0.1) is 11.1 Å².